The van der Waals surface area contributed by atoms with Crippen LogP contribution in [-0.2, 0) is 6.42 Å². The van der Waals surface area contributed by atoms with Crippen molar-refractivity contribution >= 4 is 11.8 Å². The van der Waals surface area contributed by atoms with Gasteiger partial charge in [-0.25, -0.2) is 0 Å². The first-order valence-electron chi connectivity index (χ1n) is 7.50. The molecular formula is C16H24N2S. The van der Waals surface area contributed by atoms with Gasteiger partial charge in [0.05, 0.1) is 0 Å². The molecule has 2 fully saturated rings. The largest absolute Gasteiger partial charge is 0.309 e. The number of thioether (sulfide) groups is 1. The van der Waals surface area contributed by atoms with Gasteiger partial charge in [0.2, 0.25) is 0 Å². The van der Waals surface area contributed by atoms with Gasteiger partial charge in [-0.15, -0.1) is 0 Å². The summed E-state index contributed by atoms with van der Waals surface area (Å²) in [6.45, 7) is 3.72. The number of nitrogens with zero attached hydrogens (tertiary/aromatic N) is 1. The van der Waals surface area contributed by atoms with Crippen molar-refractivity contribution in [2.45, 2.75) is 31.3 Å². The van der Waals surface area contributed by atoms with E-state index in [0.717, 1.165) is 12.1 Å². The molecule has 3 rings (SSSR count). The molecule has 2 heterocycles. The molecule has 0 aromatic heterocycles. The van der Waals surface area contributed by atoms with E-state index in [1.807, 2.05) is 0 Å². The van der Waals surface area contributed by atoms with Crippen LogP contribution in [0.25, 0.3) is 0 Å². The fraction of sp³-hybridized carbons (Fsp3) is 0.625. The Hall–Kier alpha value is -0.510. The van der Waals surface area contributed by atoms with Gasteiger partial charge in [-0.05, 0) is 37.1 Å². The zero-order chi connectivity index (χ0) is 12.9. The Morgan fingerprint density at radius 3 is 2.84 bits per heavy atom. The zero-order valence-electron chi connectivity index (χ0n) is 11.6. The molecule has 0 amide bonds. The van der Waals surface area contributed by atoms with E-state index in [0.29, 0.717) is 0 Å². The van der Waals surface area contributed by atoms with Crippen molar-refractivity contribution in [3.05, 3.63) is 35.9 Å². The zero-order valence-corrected chi connectivity index (χ0v) is 12.4. The van der Waals surface area contributed by atoms with Crippen LogP contribution in [0.1, 0.15) is 18.4 Å². The summed E-state index contributed by atoms with van der Waals surface area (Å²) in [5, 5.41) is 3.84. The van der Waals surface area contributed by atoms with E-state index in [2.05, 4.69) is 52.3 Å². The van der Waals surface area contributed by atoms with E-state index in [1.54, 1.807) is 0 Å². The first kappa shape index (κ1) is 13.5. The minimum absolute atomic E-state index is 0.736. The van der Waals surface area contributed by atoms with Crippen molar-refractivity contribution < 1.29 is 0 Å². The average molecular weight is 276 g/mol. The Balaban J connectivity index is 1.39. The van der Waals surface area contributed by atoms with Gasteiger partial charge in [-0.3, -0.25) is 0 Å². The second-order valence-electron chi connectivity index (χ2n) is 5.75. The lowest BCUT2D eigenvalue weighted by Crippen LogP contribution is -2.40. The van der Waals surface area contributed by atoms with Crippen molar-refractivity contribution in [2.24, 2.45) is 0 Å². The molecule has 2 saturated heterocycles. The minimum atomic E-state index is 0.736. The topological polar surface area (TPSA) is 15.3 Å². The maximum atomic E-state index is 3.84. The Kier molecular flexibility index (Phi) is 4.81. The first-order chi connectivity index (χ1) is 9.40. The van der Waals surface area contributed by atoms with E-state index < -0.39 is 0 Å². The van der Waals surface area contributed by atoms with Crippen molar-refractivity contribution in [3.63, 3.8) is 0 Å². The summed E-state index contributed by atoms with van der Waals surface area (Å²) in [5.74, 6) is 2.67. The van der Waals surface area contributed by atoms with E-state index in [9.17, 15) is 0 Å². The number of hydrogen-bond donors (Lipinski definition) is 1. The van der Waals surface area contributed by atoms with Gasteiger partial charge in [0.15, 0.2) is 0 Å². The highest BCUT2D eigenvalue weighted by Crippen LogP contribution is 2.19. The summed E-state index contributed by atoms with van der Waals surface area (Å²) in [4.78, 5) is 2.62. The molecule has 0 bridgehead atoms. The number of hydrogen-bond acceptors (Lipinski definition) is 3. The van der Waals surface area contributed by atoms with Crippen LogP contribution in [0, 0.1) is 0 Å². The molecule has 2 aliphatic rings. The Morgan fingerprint density at radius 2 is 2.05 bits per heavy atom. The number of likely N-dealkylation sites (tertiary alicyclic amines) is 1. The Labute approximate surface area is 121 Å². The molecular weight excluding hydrogens is 252 g/mol. The third kappa shape index (κ3) is 3.98. The van der Waals surface area contributed by atoms with Gasteiger partial charge in [0.1, 0.15) is 0 Å². The molecule has 0 spiro atoms. The SMILES string of the molecule is c1ccc(CCN2CCC(NC3CCSC3)C2)cc1. The first-order valence-corrected chi connectivity index (χ1v) is 8.66. The third-order valence-corrected chi connectivity index (χ3v) is 5.40. The summed E-state index contributed by atoms with van der Waals surface area (Å²) in [7, 11) is 0. The number of nitrogens with one attached hydrogen (secondary N) is 1. The minimum Gasteiger partial charge on any atom is -0.309 e. The summed E-state index contributed by atoms with van der Waals surface area (Å²) < 4.78 is 0. The summed E-state index contributed by atoms with van der Waals surface area (Å²) in [6, 6.07) is 12.4. The van der Waals surface area contributed by atoms with Crippen molar-refractivity contribution in [1.29, 1.82) is 0 Å². The van der Waals surface area contributed by atoms with Gasteiger partial charge in [0, 0.05) is 30.9 Å². The molecule has 19 heavy (non-hydrogen) atoms. The molecule has 1 N–H and O–H groups in total. The number of rotatable bonds is 5. The summed E-state index contributed by atoms with van der Waals surface area (Å²) >= 11 is 2.10. The van der Waals surface area contributed by atoms with Crippen LogP contribution in [0.4, 0.5) is 0 Å². The quantitative estimate of drug-likeness (QED) is 0.889. The van der Waals surface area contributed by atoms with Crippen LogP contribution in [0.3, 0.4) is 0 Å². The van der Waals surface area contributed by atoms with Gasteiger partial charge < -0.3 is 10.2 Å². The molecule has 1 aromatic carbocycles. The Bertz CT molecular complexity index is 376. The standard InChI is InChI=1S/C16H24N2S/c1-2-4-14(5-3-1)6-9-18-10-7-15(12-18)17-16-8-11-19-13-16/h1-5,15-17H,6-13H2. The van der Waals surface area contributed by atoms with E-state index in [4.69, 9.17) is 0 Å². The van der Waals surface area contributed by atoms with Crippen molar-refractivity contribution in [2.75, 3.05) is 31.1 Å². The van der Waals surface area contributed by atoms with Crippen LogP contribution in [-0.4, -0.2) is 48.1 Å². The fourth-order valence-corrected chi connectivity index (χ4v) is 4.27. The van der Waals surface area contributed by atoms with Gasteiger partial charge >= 0.3 is 0 Å². The fourth-order valence-electron chi connectivity index (χ4n) is 3.10. The molecule has 2 aliphatic heterocycles. The monoisotopic (exact) mass is 276 g/mol. The molecule has 2 atom stereocenters. The van der Waals surface area contributed by atoms with E-state index in [-0.39, 0.29) is 0 Å². The van der Waals surface area contributed by atoms with E-state index >= 15 is 0 Å². The second-order valence-corrected chi connectivity index (χ2v) is 6.90. The lowest BCUT2D eigenvalue weighted by Gasteiger charge is -2.19. The average Bonchev–Trinajstić information content (AvgIpc) is 3.10. The lowest BCUT2D eigenvalue weighted by atomic mass is 10.1. The van der Waals surface area contributed by atoms with Gasteiger partial charge in [-0.2, -0.15) is 11.8 Å². The predicted molar refractivity (Wildman–Crippen MR) is 83.9 cm³/mol. The molecule has 2 unspecified atom stereocenters. The van der Waals surface area contributed by atoms with Crippen LogP contribution < -0.4 is 5.32 Å². The molecule has 0 radical (unpaired) electrons. The van der Waals surface area contributed by atoms with Crippen LogP contribution in [0.2, 0.25) is 0 Å². The highest BCUT2D eigenvalue weighted by Gasteiger charge is 2.25. The molecule has 3 heteroatoms. The van der Waals surface area contributed by atoms with Crippen LogP contribution >= 0.6 is 11.8 Å². The maximum absolute atomic E-state index is 3.84. The Morgan fingerprint density at radius 1 is 1.16 bits per heavy atom. The van der Waals surface area contributed by atoms with Crippen LogP contribution in [0.5, 0.6) is 0 Å². The van der Waals surface area contributed by atoms with Crippen LogP contribution in [0.15, 0.2) is 30.3 Å². The highest BCUT2D eigenvalue weighted by molar-refractivity contribution is 7.99. The highest BCUT2D eigenvalue weighted by atomic mass is 32.2. The van der Waals surface area contributed by atoms with Crippen molar-refractivity contribution in [3.8, 4) is 0 Å². The molecule has 1 aromatic rings. The maximum Gasteiger partial charge on any atom is 0.0210 e. The van der Waals surface area contributed by atoms with E-state index in [1.165, 1.54) is 56.0 Å². The second kappa shape index (κ2) is 6.78. The third-order valence-electron chi connectivity index (χ3n) is 4.23. The summed E-state index contributed by atoms with van der Waals surface area (Å²) in [6.07, 6.45) is 3.88. The molecule has 104 valence electrons. The number of benzene rings is 1. The lowest BCUT2D eigenvalue weighted by molar-refractivity contribution is 0.327. The van der Waals surface area contributed by atoms with Gasteiger partial charge in [0.25, 0.3) is 0 Å². The van der Waals surface area contributed by atoms with Crippen molar-refractivity contribution in [1.82, 2.24) is 10.2 Å². The molecule has 0 aliphatic carbocycles. The normalized spacial score (nSPS) is 28.0. The summed E-state index contributed by atoms with van der Waals surface area (Å²) in [5.41, 5.74) is 1.46. The smallest absolute Gasteiger partial charge is 0.0210 e. The molecule has 0 saturated carbocycles. The van der Waals surface area contributed by atoms with Gasteiger partial charge in [-0.1, -0.05) is 30.3 Å². The predicted octanol–water partition coefficient (Wildman–Crippen LogP) is 2.40. The molecule has 2 nitrogen and oxygen atoms in total.